The zero-order chi connectivity index (χ0) is 9.76. The molecule has 1 fully saturated rings. The van der Waals surface area contributed by atoms with Crippen molar-refractivity contribution in [3.05, 3.63) is 35.4 Å². The molecule has 2 heterocycles. The van der Waals surface area contributed by atoms with E-state index in [1.807, 2.05) is 28.8 Å². The van der Waals surface area contributed by atoms with Gasteiger partial charge in [-0.15, -0.1) is 0 Å². The number of aromatic nitrogens is 2. The van der Waals surface area contributed by atoms with Crippen LogP contribution in [0.25, 0.3) is 5.52 Å². The van der Waals surface area contributed by atoms with Gasteiger partial charge in [0.05, 0.1) is 17.3 Å². The van der Waals surface area contributed by atoms with Gasteiger partial charge >= 0.3 is 0 Å². The lowest BCUT2D eigenvalue weighted by Crippen LogP contribution is -2.22. The number of hydrogen-bond donors (Lipinski definition) is 1. The van der Waals surface area contributed by atoms with Crippen molar-refractivity contribution in [3.63, 3.8) is 0 Å². The highest BCUT2D eigenvalue weighted by atomic mass is 35.5. The first kappa shape index (κ1) is 8.26. The number of nitrogens with two attached hydrogens (primary N) is 1. The molecule has 3 rings (SSSR count). The predicted molar refractivity (Wildman–Crippen MR) is 55.3 cm³/mol. The Balaban J connectivity index is 2.35. The monoisotopic (exact) mass is 207 g/mol. The van der Waals surface area contributed by atoms with Crippen molar-refractivity contribution >= 4 is 17.1 Å². The van der Waals surface area contributed by atoms with Crippen LogP contribution in [0.1, 0.15) is 18.7 Å². The number of rotatable bonds is 1. The van der Waals surface area contributed by atoms with Crippen LogP contribution in [-0.2, 0) is 5.54 Å². The Morgan fingerprint density at radius 2 is 2.21 bits per heavy atom. The third-order valence-electron chi connectivity index (χ3n) is 2.74. The van der Waals surface area contributed by atoms with Crippen LogP contribution in [0.4, 0.5) is 0 Å². The van der Waals surface area contributed by atoms with E-state index in [2.05, 4.69) is 4.98 Å². The highest BCUT2D eigenvalue weighted by Crippen LogP contribution is 2.42. The van der Waals surface area contributed by atoms with Crippen molar-refractivity contribution in [2.24, 2.45) is 5.73 Å². The van der Waals surface area contributed by atoms with Crippen LogP contribution in [0.5, 0.6) is 0 Å². The number of nitrogens with zero attached hydrogens (tertiary/aromatic N) is 2. The summed E-state index contributed by atoms with van der Waals surface area (Å²) in [5.74, 6) is 0.887. The minimum Gasteiger partial charge on any atom is -0.319 e. The fourth-order valence-electron chi connectivity index (χ4n) is 1.72. The summed E-state index contributed by atoms with van der Waals surface area (Å²) in [5.41, 5.74) is 6.87. The van der Waals surface area contributed by atoms with E-state index in [1.54, 1.807) is 0 Å². The maximum atomic E-state index is 6.11. The Hall–Kier alpha value is -1.06. The Bertz CT molecular complexity index is 499. The van der Waals surface area contributed by atoms with Crippen molar-refractivity contribution in [1.29, 1.82) is 0 Å². The number of fused-ring (bicyclic) bond motifs is 1. The molecule has 14 heavy (non-hydrogen) atoms. The van der Waals surface area contributed by atoms with Gasteiger partial charge in [-0.2, -0.15) is 0 Å². The third kappa shape index (κ3) is 0.996. The number of imidazole rings is 1. The molecule has 1 aliphatic carbocycles. The first-order valence-electron chi connectivity index (χ1n) is 4.62. The molecule has 2 aromatic heterocycles. The van der Waals surface area contributed by atoms with Gasteiger partial charge in [-0.1, -0.05) is 17.7 Å². The Labute approximate surface area is 86.5 Å². The summed E-state index contributed by atoms with van der Waals surface area (Å²) in [6, 6.07) is 5.75. The molecule has 1 aliphatic rings. The number of halogens is 1. The lowest BCUT2D eigenvalue weighted by atomic mass is 10.3. The standard InChI is InChI=1S/C10H10ClN3/c11-8-3-1-2-7-6-13-9(14(7)8)10(12)4-5-10/h1-3,6H,4-5,12H2. The van der Waals surface area contributed by atoms with Crippen LogP contribution in [0, 0.1) is 0 Å². The average Bonchev–Trinajstić information content (AvgIpc) is 2.77. The SMILES string of the molecule is NC1(c2ncc3cccc(Cl)n23)CC1. The van der Waals surface area contributed by atoms with Crippen LogP contribution >= 0.6 is 11.6 Å². The molecule has 0 bridgehead atoms. The molecule has 2 aromatic rings. The van der Waals surface area contributed by atoms with Gasteiger partial charge in [-0.3, -0.25) is 4.40 Å². The van der Waals surface area contributed by atoms with Crippen molar-refractivity contribution in [2.75, 3.05) is 0 Å². The van der Waals surface area contributed by atoms with E-state index < -0.39 is 0 Å². The van der Waals surface area contributed by atoms with Gasteiger partial charge in [0.2, 0.25) is 0 Å². The molecule has 0 aromatic carbocycles. The van der Waals surface area contributed by atoms with Gasteiger partial charge in [0.25, 0.3) is 0 Å². The normalized spacial score (nSPS) is 18.7. The van der Waals surface area contributed by atoms with E-state index in [4.69, 9.17) is 17.3 Å². The van der Waals surface area contributed by atoms with Crippen LogP contribution in [0.3, 0.4) is 0 Å². The molecule has 0 radical (unpaired) electrons. The van der Waals surface area contributed by atoms with E-state index in [0.29, 0.717) is 5.15 Å². The van der Waals surface area contributed by atoms with Gasteiger partial charge in [-0.25, -0.2) is 4.98 Å². The summed E-state index contributed by atoms with van der Waals surface area (Å²) < 4.78 is 1.93. The zero-order valence-corrected chi connectivity index (χ0v) is 8.33. The Morgan fingerprint density at radius 3 is 2.93 bits per heavy atom. The minimum absolute atomic E-state index is 0.239. The van der Waals surface area contributed by atoms with Crippen LogP contribution in [0.2, 0.25) is 5.15 Å². The molecule has 0 aliphatic heterocycles. The molecule has 0 unspecified atom stereocenters. The summed E-state index contributed by atoms with van der Waals surface area (Å²) in [6.45, 7) is 0. The van der Waals surface area contributed by atoms with Crippen LogP contribution in [0.15, 0.2) is 24.4 Å². The summed E-state index contributed by atoms with van der Waals surface area (Å²) in [4.78, 5) is 4.34. The first-order valence-corrected chi connectivity index (χ1v) is 5.00. The average molecular weight is 208 g/mol. The van der Waals surface area contributed by atoms with E-state index in [0.717, 1.165) is 24.2 Å². The first-order chi connectivity index (χ1) is 6.71. The quantitative estimate of drug-likeness (QED) is 0.727. The molecular weight excluding hydrogens is 198 g/mol. The highest BCUT2D eigenvalue weighted by molar-refractivity contribution is 6.29. The molecule has 0 atom stereocenters. The number of pyridine rings is 1. The van der Waals surface area contributed by atoms with Crippen molar-refractivity contribution in [3.8, 4) is 0 Å². The summed E-state index contributed by atoms with van der Waals surface area (Å²) in [7, 11) is 0. The highest BCUT2D eigenvalue weighted by Gasteiger charge is 2.43. The lowest BCUT2D eigenvalue weighted by Gasteiger charge is -2.08. The molecule has 4 heteroatoms. The van der Waals surface area contributed by atoms with Gasteiger partial charge in [-0.05, 0) is 25.0 Å². The molecule has 0 amide bonds. The van der Waals surface area contributed by atoms with Crippen LogP contribution < -0.4 is 5.73 Å². The van der Waals surface area contributed by atoms with Gasteiger partial charge in [0, 0.05) is 0 Å². The van der Waals surface area contributed by atoms with E-state index >= 15 is 0 Å². The maximum absolute atomic E-state index is 6.11. The lowest BCUT2D eigenvalue weighted by molar-refractivity contribution is 0.669. The van der Waals surface area contributed by atoms with Crippen LogP contribution in [-0.4, -0.2) is 9.38 Å². The second-order valence-electron chi connectivity index (χ2n) is 3.85. The largest absolute Gasteiger partial charge is 0.319 e. The third-order valence-corrected chi connectivity index (χ3v) is 3.03. The molecule has 3 nitrogen and oxygen atoms in total. The van der Waals surface area contributed by atoms with Crippen molar-refractivity contribution < 1.29 is 0 Å². The fourth-order valence-corrected chi connectivity index (χ4v) is 1.97. The maximum Gasteiger partial charge on any atom is 0.134 e. The zero-order valence-electron chi connectivity index (χ0n) is 7.57. The van der Waals surface area contributed by atoms with Gasteiger partial charge in [0.15, 0.2) is 0 Å². The number of hydrogen-bond acceptors (Lipinski definition) is 2. The summed E-state index contributed by atoms with van der Waals surface area (Å²) >= 11 is 6.10. The molecular formula is C10H10ClN3. The van der Waals surface area contributed by atoms with E-state index in [9.17, 15) is 0 Å². The molecule has 0 saturated heterocycles. The van der Waals surface area contributed by atoms with E-state index in [-0.39, 0.29) is 5.54 Å². The molecule has 1 saturated carbocycles. The minimum atomic E-state index is -0.239. The van der Waals surface area contributed by atoms with E-state index in [1.165, 1.54) is 0 Å². The van der Waals surface area contributed by atoms with Gasteiger partial charge < -0.3 is 5.73 Å². The van der Waals surface area contributed by atoms with Gasteiger partial charge in [0.1, 0.15) is 11.0 Å². The summed E-state index contributed by atoms with van der Waals surface area (Å²) in [5, 5.41) is 0.673. The Kier molecular flexibility index (Phi) is 1.47. The summed E-state index contributed by atoms with van der Waals surface area (Å²) in [6.07, 6.45) is 3.81. The second kappa shape index (κ2) is 2.49. The predicted octanol–water partition coefficient (Wildman–Crippen LogP) is 1.94. The fraction of sp³-hybridized carbons (Fsp3) is 0.300. The smallest absolute Gasteiger partial charge is 0.134 e. The van der Waals surface area contributed by atoms with Crippen molar-refractivity contribution in [1.82, 2.24) is 9.38 Å². The molecule has 0 spiro atoms. The topological polar surface area (TPSA) is 43.3 Å². The Morgan fingerprint density at radius 1 is 1.43 bits per heavy atom. The molecule has 2 N–H and O–H groups in total. The van der Waals surface area contributed by atoms with Crippen molar-refractivity contribution in [2.45, 2.75) is 18.4 Å². The molecule has 72 valence electrons. The second-order valence-corrected chi connectivity index (χ2v) is 4.23.